The zero-order chi connectivity index (χ0) is 23.8. The molecule has 0 radical (unpaired) electrons. The van der Waals surface area contributed by atoms with Gasteiger partial charge < -0.3 is 24.8 Å². The highest BCUT2D eigenvalue weighted by Crippen LogP contribution is 2.34. The summed E-state index contributed by atoms with van der Waals surface area (Å²) >= 11 is 3.63. The zero-order valence-corrected chi connectivity index (χ0v) is 20.5. The summed E-state index contributed by atoms with van der Waals surface area (Å²) in [5, 5.41) is 6.71. The monoisotopic (exact) mass is 531 g/mol. The van der Waals surface area contributed by atoms with Gasteiger partial charge in [0.1, 0.15) is 28.9 Å². The van der Waals surface area contributed by atoms with Crippen LogP contribution in [0.25, 0.3) is 22.1 Å². The molecule has 10 nitrogen and oxygen atoms in total. The van der Waals surface area contributed by atoms with Gasteiger partial charge >= 0.3 is 0 Å². The maximum atomic E-state index is 6.10. The Morgan fingerprint density at radius 3 is 2.74 bits per heavy atom. The van der Waals surface area contributed by atoms with E-state index < -0.39 is 0 Å². The van der Waals surface area contributed by atoms with E-state index in [9.17, 15) is 0 Å². The number of benzene rings is 2. The van der Waals surface area contributed by atoms with Crippen molar-refractivity contribution in [3.8, 4) is 11.5 Å². The summed E-state index contributed by atoms with van der Waals surface area (Å²) in [6.07, 6.45) is 5.05. The molecule has 11 heteroatoms. The van der Waals surface area contributed by atoms with Crippen molar-refractivity contribution in [1.29, 1.82) is 0 Å². The molecule has 176 valence electrons. The fraction of sp³-hybridized carbons (Fsp3) is 0.208. The normalized spacial score (nSPS) is 13.9. The molecule has 0 saturated carbocycles. The lowest BCUT2D eigenvalue weighted by molar-refractivity contribution is 0.480. The smallest absolute Gasteiger partial charge is 0.226 e. The molecule has 0 bridgehead atoms. The number of aromatic nitrogens is 6. The number of hydrogen-bond donors (Lipinski definition) is 2. The first kappa shape index (κ1) is 21.7. The Labute approximate surface area is 209 Å². The Morgan fingerprint density at radius 2 is 1.89 bits per heavy atom. The van der Waals surface area contributed by atoms with Crippen LogP contribution in [0.5, 0.6) is 11.5 Å². The highest BCUT2D eigenvalue weighted by Gasteiger charge is 2.16. The van der Waals surface area contributed by atoms with Crippen LogP contribution in [0, 0.1) is 0 Å². The number of halogens is 1. The van der Waals surface area contributed by atoms with Gasteiger partial charge in [0, 0.05) is 45.0 Å². The first-order valence-corrected chi connectivity index (χ1v) is 12.0. The number of fused-ring (bicyclic) bond motifs is 2. The molecule has 2 aromatic carbocycles. The van der Waals surface area contributed by atoms with Crippen molar-refractivity contribution >= 4 is 55.5 Å². The van der Waals surface area contributed by atoms with Crippen LogP contribution in [0.1, 0.15) is 0 Å². The molecule has 35 heavy (non-hydrogen) atoms. The lowest BCUT2D eigenvalue weighted by Crippen LogP contribution is -2.44. The average molecular weight is 532 g/mol. The number of imidazole rings is 1. The Morgan fingerprint density at radius 1 is 1.00 bits per heavy atom. The van der Waals surface area contributed by atoms with Gasteiger partial charge in [-0.2, -0.15) is 0 Å². The SMILES string of the molecule is Cn1cnc2cc(Oc3ccc(Nc4ncnc5cnc(N6CCNCC6)nc45)cc3Br)ccc21. The lowest BCUT2D eigenvalue weighted by Gasteiger charge is -2.27. The van der Waals surface area contributed by atoms with Gasteiger partial charge in [0.15, 0.2) is 5.82 Å². The molecule has 0 amide bonds. The molecule has 1 aliphatic heterocycles. The summed E-state index contributed by atoms with van der Waals surface area (Å²) in [7, 11) is 1.97. The first-order chi connectivity index (χ1) is 17.1. The first-order valence-electron chi connectivity index (χ1n) is 11.2. The van der Waals surface area contributed by atoms with Gasteiger partial charge in [0.2, 0.25) is 5.95 Å². The van der Waals surface area contributed by atoms with Gasteiger partial charge in [-0.1, -0.05) is 0 Å². The van der Waals surface area contributed by atoms with Crippen LogP contribution in [-0.4, -0.2) is 55.7 Å². The fourth-order valence-electron chi connectivity index (χ4n) is 4.06. The van der Waals surface area contributed by atoms with Crippen molar-refractivity contribution in [2.75, 3.05) is 36.4 Å². The Bertz CT molecular complexity index is 1530. The molecule has 4 heterocycles. The minimum Gasteiger partial charge on any atom is -0.456 e. The summed E-state index contributed by atoms with van der Waals surface area (Å²) in [4.78, 5) is 24.6. The third kappa shape index (κ3) is 4.35. The number of hydrogen-bond acceptors (Lipinski definition) is 9. The standard InChI is InChI=1S/C24H22BrN9O/c1-33-14-30-18-11-16(3-4-20(18)33)35-21-5-2-15(10-17(21)25)31-23-22-19(28-13-29-23)12-27-24(32-22)34-8-6-26-7-9-34/h2-5,10-14,26H,6-9H2,1H3,(H,28,29,31). The van der Waals surface area contributed by atoms with Crippen LogP contribution >= 0.6 is 15.9 Å². The third-order valence-corrected chi connectivity index (χ3v) is 6.50. The van der Waals surface area contributed by atoms with Crippen LogP contribution in [0.15, 0.2) is 59.7 Å². The summed E-state index contributed by atoms with van der Waals surface area (Å²) in [6.45, 7) is 3.55. The number of piperazine rings is 1. The Kier molecular flexibility index (Phi) is 5.63. The predicted molar refractivity (Wildman–Crippen MR) is 138 cm³/mol. The molecule has 0 spiro atoms. The van der Waals surface area contributed by atoms with E-state index >= 15 is 0 Å². The fourth-order valence-corrected chi connectivity index (χ4v) is 4.52. The van der Waals surface area contributed by atoms with E-state index in [1.54, 1.807) is 12.5 Å². The molecule has 1 aliphatic rings. The molecule has 1 fully saturated rings. The molecular formula is C24H22BrN9O. The number of ether oxygens (including phenoxy) is 1. The van der Waals surface area contributed by atoms with Crippen molar-refractivity contribution < 1.29 is 4.74 Å². The van der Waals surface area contributed by atoms with E-state index in [2.05, 4.69) is 51.4 Å². The van der Waals surface area contributed by atoms with Crippen molar-refractivity contribution in [3.05, 3.63) is 59.7 Å². The maximum Gasteiger partial charge on any atom is 0.226 e. The van der Waals surface area contributed by atoms with Crippen LogP contribution in [0.4, 0.5) is 17.5 Å². The van der Waals surface area contributed by atoms with Crippen LogP contribution in [0.2, 0.25) is 0 Å². The van der Waals surface area contributed by atoms with E-state index in [-0.39, 0.29) is 0 Å². The minimum absolute atomic E-state index is 0.620. The predicted octanol–water partition coefficient (Wildman–Crippen LogP) is 4.01. The summed E-state index contributed by atoms with van der Waals surface area (Å²) in [5.74, 6) is 2.72. The van der Waals surface area contributed by atoms with Crippen LogP contribution in [0.3, 0.4) is 0 Å². The van der Waals surface area contributed by atoms with E-state index in [1.807, 2.05) is 48.0 Å². The van der Waals surface area contributed by atoms with Crippen LogP contribution < -0.4 is 20.3 Å². The quantitative estimate of drug-likeness (QED) is 0.347. The molecule has 6 rings (SSSR count). The number of nitrogens with zero attached hydrogens (tertiary/aromatic N) is 7. The second-order valence-electron chi connectivity index (χ2n) is 8.24. The second-order valence-corrected chi connectivity index (χ2v) is 9.10. The molecule has 0 atom stereocenters. The molecule has 5 aromatic rings. The molecule has 1 saturated heterocycles. The van der Waals surface area contributed by atoms with Gasteiger partial charge in [0.05, 0.1) is 28.0 Å². The number of anilines is 3. The van der Waals surface area contributed by atoms with E-state index in [1.165, 1.54) is 6.33 Å². The number of rotatable bonds is 5. The van der Waals surface area contributed by atoms with Gasteiger partial charge in [0.25, 0.3) is 0 Å². The van der Waals surface area contributed by atoms with Gasteiger partial charge in [-0.05, 0) is 46.3 Å². The summed E-state index contributed by atoms with van der Waals surface area (Å²) in [5.41, 5.74) is 4.14. The summed E-state index contributed by atoms with van der Waals surface area (Å²) in [6, 6.07) is 11.6. The third-order valence-electron chi connectivity index (χ3n) is 5.88. The lowest BCUT2D eigenvalue weighted by atomic mass is 10.2. The number of nitrogens with one attached hydrogen (secondary N) is 2. The zero-order valence-electron chi connectivity index (χ0n) is 18.9. The topological polar surface area (TPSA) is 106 Å². The van der Waals surface area contributed by atoms with Gasteiger partial charge in [-0.25, -0.2) is 24.9 Å². The van der Waals surface area contributed by atoms with E-state index in [0.29, 0.717) is 28.5 Å². The Hall–Kier alpha value is -3.83. The second kappa shape index (κ2) is 9.08. The van der Waals surface area contributed by atoms with Crippen molar-refractivity contribution in [2.45, 2.75) is 0 Å². The molecule has 2 N–H and O–H groups in total. The molecular weight excluding hydrogens is 510 g/mol. The van der Waals surface area contributed by atoms with Crippen LogP contribution in [-0.2, 0) is 7.05 Å². The van der Waals surface area contributed by atoms with Gasteiger partial charge in [-0.3, -0.25) is 0 Å². The van der Waals surface area contributed by atoms with Crippen molar-refractivity contribution in [3.63, 3.8) is 0 Å². The van der Waals surface area contributed by atoms with Crippen molar-refractivity contribution in [1.82, 2.24) is 34.8 Å². The molecule has 3 aromatic heterocycles. The minimum atomic E-state index is 0.620. The van der Waals surface area contributed by atoms with Crippen molar-refractivity contribution in [2.24, 2.45) is 7.05 Å². The largest absolute Gasteiger partial charge is 0.456 e. The highest BCUT2D eigenvalue weighted by atomic mass is 79.9. The molecule has 0 aliphatic carbocycles. The van der Waals surface area contributed by atoms with Gasteiger partial charge in [-0.15, -0.1) is 0 Å². The average Bonchev–Trinajstić information content (AvgIpc) is 3.26. The summed E-state index contributed by atoms with van der Waals surface area (Å²) < 4.78 is 8.88. The van der Waals surface area contributed by atoms with E-state index in [4.69, 9.17) is 9.72 Å². The maximum absolute atomic E-state index is 6.10. The highest BCUT2D eigenvalue weighted by molar-refractivity contribution is 9.10. The van der Waals surface area contributed by atoms with E-state index in [0.717, 1.165) is 53.1 Å². The number of aryl methyl sites for hydroxylation is 1. The Balaban J connectivity index is 1.25. The molecule has 0 unspecified atom stereocenters.